The molecule has 0 bridgehead atoms. The molecule has 1 aliphatic rings. The topological polar surface area (TPSA) is 29.3 Å². The SMILES string of the molecule is CC(C)CN1CCC[C@@H](CN)[C@@H]1C. The van der Waals surface area contributed by atoms with E-state index in [1.165, 1.54) is 25.9 Å². The van der Waals surface area contributed by atoms with Crippen molar-refractivity contribution in [1.82, 2.24) is 4.90 Å². The van der Waals surface area contributed by atoms with Crippen molar-refractivity contribution in [2.24, 2.45) is 17.6 Å². The summed E-state index contributed by atoms with van der Waals surface area (Å²) < 4.78 is 0. The van der Waals surface area contributed by atoms with E-state index in [-0.39, 0.29) is 0 Å². The Balaban J connectivity index is 2.44. The minimum atomic E-state index is 0.696. The van der Waals surface area contributed by atoms with E-state index in [0.29, 0.717) is 6.04 Å². The molecule has 0 spiro atoms. The van der Waals surface area contributed by atoms with Crippen LogP contribution in [0.2, 0.25) is 0 Å². The molecule has 2 N–H and O–H groups in total. The van der Waals surface area contributed by atoms with Crippen LogP contribution < -0.4 is 5.73 Å². The fourth-order valence-corrected chi connectivity index (χ4v) is 2.34. The molecule has 0 aromatic carbocycles. The molecule has 2 atom stereocenters. The van der Waals surface area contributed by atoms with Gasteiger partial charge in [-0.3, -0.25) is 0 Å². The maximum atomic E-state index is 5.76. The molecule has 1 aliphatic heterocycles. The zero-order valence-corrected chi connectivity index (χ0v) is 9.29. The number of hydrogen-bond donors (Lipinski definition) is 1. The smallest absolute Gasteiger partial charge is 0.0107 e. The maximum Gasteiger partial charge on any atom is 0.0107 e. The predicted octanol–water partition coefficient (Wildman–Crippen LogP) is 1.70. The second-order valence-corrected chi connectivity index (χ2v) is 4.77. The molecule has 2 nitrogen and oxygen atoms in total. The molecule has 78 valence electrons. The van der Waals surface area contributed by atoms with E-state index in [0.717, 1.165) is 18.4 Å². The van der Waals surface area contributed by atoms with Crippen molar-refractivity contribution in [1.29, 1.82) is 0 Å². The van der Waals surface area contributed by atoms with E-state index in [9.17, 15) is 0 Å². The van der Waals surface area contributed by atoms with Crippen LogP contribution in [0.3, 0.4) is 0 Å². The Morgan fingerprint density at radius 1 is 1.46 bits per heavy atom. The summed E-state index contributed by atoms with van der Waals surface area (Å²) in [4.78, 5) is 2.60. The first-order valence-electron chi connectivity index (χ1n) is 5.59. The lowest BCUT2D eigenvalue weighted by Gasteiger charge is -2.39. The minimum absolute atomic E-state index is 0.696. The van der Waals surface area contributed by atoms with Crippen molar-refractivity contribution in [3.63, 3.8) is 0 Å². The predicted molar refractivity (Wildman–Crippen MR) is 57.7 cm³/mol. The molecule has 0 saturated carbocycles. The van der Waals surface area contributed by atoms with Gasteiger partial charge in [0, 0.05) is 12.6 Å². The highest BCUT2D eigenvalue weighted by molar-refractivity contribution is 4.81. The zero-order chi connectivity index (χ0) is 9.84. The van der Waals surface area contributed by atoms with Crippen LogP contribution in [0.4, 0.5) is 0 Å². The van der Waals surface area contributed by atoms with Crippen molar-refractivity contribution in [2.45, 2.75) is 39.7 Å². The first-order valence-corrected chi connectivity index (χ1v) is 5.59. The Kier molecular flexibility index (Phi) is 4.20. The van der Waals surface area contributed by atoms with Crippen molar-refractivity contribution in [2.75, 3.05) is 19.6 Å². The highest BCUT2D eigenvalue weighted by Gasteiger charge is 2.26. The average molecular weight is 184 g/mol. The van der Waals surface area contributed by atoms with Crippen molar-refractivity contribution in [3.05, 3.63) is 0 Å². The quantitative estimate of drug-likeness (QED) is 0.723. The first-order chi connectivity index (χ1) is 6.15. The lowest BCUT2D eigenvalue weighted by atomic mass is 9.90. The van der Waals surface area contributed by atoms with Gasteiger partial charge in [-0.15, -0.1) is 0 Å². The summed E-state index contributed by atoms with van der Waals surface area (Å²) in [5.74, 6) is 1.51. The third-order valence-corrected chi connectivity index (χ3v) is 3.18. The van der Waals surface area contributed by atoms with E-state index in [1.807, 2.05) is 0 Å². The standard InChI is InChI=1S/C11H24N2/c1-9(2)8-13-6-4-5-11(7-12)10(13)3/h9-11H,4-8,12H2,1-3H3/t10-,11-/m0/s1. The van der Waals surface area contributed by atoms with Crippen LogP contribution in [0.15, 0.2) is 0 Å². The molecule has 1 rings (SSSR count). The molecule has 0 aromatic heterocycles. The molecule has 1 saturated heterocycles. The third-order valence-electron chi connectivity index (χ3n) is 3.18. The lowest BCUT2D eigenvalue weighted by molar-refractivity contribution is 0.0963. The second kappa shape index (κ2) is 4.97. The average Bonchev–Trinajstić information content (AvgIpc) is 2.08. The number of likely N-dealkylation sites (tertiary alicyclic amines) is 1. The van der Waals surface area contributed by atoms with Gasteiger partial charge in [0.05, 0.1) is 0 Å². The van der Waals surface area contributed by atoms with Crippen molar-refractivity contribution < 1.29 is 0 Å². The minimum Gasteiger partial charge on any atom is -0.330 e. The summed E-state index contributed by atoms with van der Waals surface area (Å²) in [5, 5.41) is 0. The van der Waals surface area contributed by atoms with E-state index in [2.05, 4.69) is 25.7 Å². The number of rotatable bonds is 3. The van der Waals surface area contributed by atoms with Crippen molar-refractivity contribution in [3.8, 4) is 0 Å². The molecule has 0 radical (unpaired) electrons. The lowest BCUT2D eigenvalue weighted by Crippen LogP contribution is -2.47. The Hall–Kier alpha value is -0.0800. The van der Waals surface area contributed by atoms with Crippen LogP contribution in [0.1, 0.15) is 33.6 Å². The molecular weight excluding hydrogens is 160 g/mol. The van der Waals surface area contributed by atoms with Gasteiger partial charge in [-0.2, -0.15) is 0 Å². The Bertz CT molecular complexity index is 145. The molecule has 1 fully saturated rings. The molecule has 2 heteroatoms. The highest BCUT2D eigenvalue weighted by atomic mass is 15.2. The van der Waals surface area contributed by atoms with E-state index in [1.54, 1.807) is 0 Å². The molecule has 13 heavy (non-hydrogen) atoms. The Morgan fingerprint density at radius 2 is 2.15 bits per heavy atom. The van der Waals surface area contributed by atoms with Gasteiger partial charge in [0.15, 0.2) is 0 Å². The number of piperidine rings is 1. The Morgan fingerprint density at radius 3 is 2.69 bits per heavy atom. The van der Waals surface area contributed by atoms with Gasteiger partial charge < -0.3 is 10.6 Å². The number of nitrogens with two attached hydrogens (primary N) is 1. The molecule has 0 amide bonds. The summed E-state index contributed by atoms with van der Waals surface area (Å²) in [6, 6.07) is 0.696. The van der Waals surface area contributed by atoms with Crippen LogP contribution in [0.5, 0.6) is 0 Å². The maximum absolute atomic E-state index is 5.76. The van der Waals surface area contributed by atoms with E-state index >= 15 is 0 Å². The largest absolute Gasteiger partial charge is 0.330 e. The van der Waals surface area contributed by atoms with Crippen LogP contribution in [0, 0.1) is 11.8 Å². The van der Waals surface area contributed by atoms with Gasteiger partial charge in [-0.05, 0) is 44.7 Å². The molecule has 0 unspecified atom stereocenters. The normalized spacial score (nSPS) is 31.2. The van der Waals surface area contributed by atoms with Crippen LogP contribution in [0.25, 0.3) is 0 Å². The van der Waals surface area contributed by atoms with Gasteiger partial charge >= 0.3 is 0 Å². The summed E-state index contributed by atoms with van der Waals surface area (Å²) in [7, 11) is 0. The molecule has 0 aliphatic carbocycles. The van der Waals surface area contributed by atoms with Gasteiger partial charge in [0.25, 0.3) is 0 Å². The summed E-state index contributed by atoms with van der Waals surface area (Å²) >= 11 is 0. The number of hydrogen-bond acceptors (Lipinski definition) is 2. The van der Waals surface area contributed by atoms with Crippen LogP contribution in [-0.4, -0.2) is 30.6 Å². The fourth-order valence-electron chi connectivity index (χ4n) is 2.34. The van der Waals surface area contributed by atoms with Gasteiger partial charge in [-0.25, -0.2) is 0 Å². The van der Waals surface area contributed by atoms with E-state index in [4.69, 9.17) is 5.73 Å². The van der Waals surface area contributed by atoms with Crippen molar-refractivity contribution >= 4 is 0 Å². The molecule has 0 aromatic rings. The molecule has 1 heterocycles. The number of nitrogens with zero attached hydrogens (tertiary/aromatic N) is 1. The van der Waals surface area contributed by atoms with Gasteiger partial charge in [0.1, 0.15) is 0 Å². The Labute approximate surface area is 82.5 Å². The summed E-state index contributed by atoms with van der Waals surface area (Å²) in [6.07, 6.45) is 2.66. The van der Waals surface area contributed by atoms with E-state index < -0.39 is 0 Å². The van der Waals surface area contributed by atoms with Gasteiger partial charge in [0.2, 0.25) is 0 Å². The molecular formula is C11H24N2. The van der Waals surface area contributed by atoms with Crippen LogP contribution in [-0.2, 0) is 0 Å². The summed E-state index contributed by atoms with van der Waals surface area (Å²) in [6.45, 7) is 10.3. The summed E-state index contributed by atoms with van der Waals surface area (Å²) in [5.41, 5.74) is 5.76. The second-order valence-electron chi connectivity index (χ2n) is 4.77. The fraction of sp³-hybridized carbons (Fsp3) is 1.00. The van der Waals surface area contributed by atoms with Gasteiger partial charge in [-0.1, -0.05) is 13.8 Å². The highest BCUT2D eigenvalue weighted by Crippen LogP contribution is 2.23. The monoisotopic (exact) mass is 184 g/mol. The first kappa shape index (κ1) is 11.0. The van der Waals surface area contributed by atoms with Crippen LogP contribution >= 0.6 is 0 Å². The third kappa shape index (κ3) is 2.96. The zero-order valence-electron chi connectivity index (χ0n) is 9.29.